The van der Waals surface area contributed by atoms with Crippen LogP contribution in [0.1, 0.15) is 16.2 Å². The van der Waals surface area contributed by atoms with Crippen molar-refractivity contribution in [2.45, 2.75) is 6.54 Å². The van der Waals surface area contributed by atoms with Crippen molar-refractivity contribution in [2.24, 2.45) is 0 Å². The molecule has 0 unspecified atom stereocenters. The summed E-state index contributed by atoms with van der Waals surface area (Å²) in [5.74, 6) is 0.885. The van der Waals surface area contributed by atoms with Gasteiger partial charge in [-0.15, -0.1) is 6.58 Å². The normalized spacial score (nSPS) is 9.89. The summed E-state index contributed by atoms with van der Waals surface area (Å²) in [6.07, 6.45) is 4.73. The molecule has 0 bridgehead atoms. The minimum Gasteiger partial charge on any atom is -0.467 e. The van der Waals surface area contributed by atoms with E-state index in [-0.39, 0.29) is 5.91 Å². The van der Waals surface area contributed by atoms with Crippen LogP contribution >= 0.6 is 0 Å². The Morgan fingerprint density at radius 1 is 1.47 bits per heavy atom. The molecule has 2 aromatic rings. The third-order valence-electron chi connectivity index (χ3n) is 2.30. The monoisotopic (exact) mass is 258 g/mol. The second-order valence-electron chi connectivity index (χ2n) is 3.70. The molecule has 0 aliphatic heterocycles. The summed E-state index contributed by atoms with van der Waals surface area (Å²) in [6.45, 7) is 4.40. The van der Waals surface area contributed by atoms with Gasteiger partial charge in [-0.3, -0.25) is 4.79 Å². The highest BCUT2D eigenvalue weighted by molar-refractivity contribution is 5.92. The maximum Gasteiger partial charge on any atom is 0.270 e. The van der Waals surface area contributed by atoms with Gasteiger partial charge in [0.15, 0.2) is 0 Å². The number of anilines is 1. The van der Waals surface area contributed by atoms with Gasteiger partial charge in [0, 0.05) is 12.7 Å². The lowest BCUT2D eigenvalue weighted by molar-refractivity contribution is 0.0953. The summed E-state index contributed by atoms with van der Waals surface area (Å²) in [7, 11) is 0. The number of hydrogen-bond acceptors (Lipinski definition) is 5. The lowest BCUT2D eigenvalue weighted by atomic mass is 10.4. The zero-order valence-corrected chi connectivity index (χ0v) is 10.3. The average molecular weight is 258 g/mol. The predicted molar refractivity (Wildman–Crippen MR) is 70.6 cm³/mol. The molecular weight excluding hydrogens is 244 g/mol. The summed E-state index contributed by atoms with van der Waals surface area (Å²) in [4.78, 5) is 19.8. The number of carbonyl (C=O) groups excluding carboxylic acids is 1. The van der Waals surface area contributed by atoms with Gasteiger partial charge in [0.05, 0.1) is 12.8 Å². The van der Waals surface area contributed by atoms with E-state index < -0.39 is 0 Å². The molecule has 2 rings (SSSR count). The van der Waals surface area contributed by atoms with Gasteiger partial charge in [0.25, 0.3) is 5.91 Å². The first kappa shape index (κ1) is 12.8. The molecule has 1 amide bonds. The van der Waals surface area contributed by atoms with Crippen LogP contribution in [0.25, 0.3) is 0 Å². The highest BCUT2D eigenvalue weighted by Gasteiger charge is 2.07. The van der Waals surface area contributed by atoms with Crippen LogP contribution in [0.2, 0.25) is 0 Å². The number of nitrogens with one attached hydrogen (secondary N) is 2. The number of amides is 1. The quantitative estimate of drug-likeness (QED) is 0.769. The van der Waals surface area contributed by atoms with Gasteiger partial charge in [-0.1, -0.05) is 6.08 Å². The van der Waals surface area contributed by atoms with Gasteiger partial charge in [-0.05, 0) is 18.2 Å². The van der Waals surface area contributed by atoms with Gasteiger partial charge in [0.1, 0.15) is 11.5 Å². The zero-order chi connectivity index (χ0) is 13.5. The summed E-state index contributed by atoms with van der Waals surface area (Å²) in [6, 6.07) is 5.20. The number of furan rings is 1. The van der Waals surface area contributed by atoms with Crippen LogP contribution in [0, 0.1) is 0 Å². The van der Waals surface area contributed by atoms with Crippen LogP contribution in [0.3, 0.4) is 0 Å². The Morgan fingerprint density at radius 3 is 3.11 bits per heavy atom. The van der Waals surface area contributed by atoms with Gasteiger partial charge < -0.3 is 15.1 Å². The van der Waals surface area contributed by atoms with Crippen LogP contribution < -0.4 is 10.6 Å². The van der Waals surface area contributed by atoms with Gasteiger partial charge in [-0.25, -0.2) is 9.97 Å². The van der Waals surface area contributed by atoms with E-state index in [4.69, 9.17) is 4.42 Å². The van der Waals surface area contributed by atoms with Gasteiger partial charge in [0.2, 0.25) is 5.95 Å². The van der Waals surface area contributed by atoms with Crippen LogP contribution in [0.4, 0.5) is 5.95 Å². The third kappa shape index (κ3) is 3.67. The van der Waals surface area contributed by atoms with Crippen LogP contribution in [0.5, 0.6) is 0 Å². The summed E-state index contributed by atoms with van der Waals surface area (Å²) < 4.78 is 5.18. The van der Waals surface area contributed by atoms with Gasteiger partial charge in [-0.2, -0.15) is 0 Å². The molecule has 0 saturated carbocycles. The molecule has 0 fully saturated rings. The fourth-order valence-corrected chi connectivity index (χ4v) is 1.41. The second kappa shape index (κ2) is 6.34. The summed E-state index contributed by atoms with van der Waals surface area (Å²) >= 11 is 0. The number of rotatable bonds is 6. The van der Waals surface area contributed by atoms with E-state index in [1.54, 1.807) is 24.5 Å². The average Bonchev–Trinajstić information content (AvgIpc) is 2.96. The molecule has 2 aromatic heterocycles. The van der Waals surface area contributed by atoms with Crippen molar-refractivity contribution < 1.29 is 9.21 Å². The lowest BCUT2D eigenvalue weighted by Gasteiger charge is -2.05. The highest BCUT2D eigenvalue weighted by Crippen LogP contribution is 2.05. The molecule has 0 radical (unpaired) electrons. The Labute approximate surface area is 110 Å². The Morgan fingerprint density at radius 2 is 2.37 bits per heavy atom. The summed E-state index contributed by atoms with van der Waals surface area (Å²) in [5, 5.41) is 5.63. The molecule has 98 valence electrons. The van der Waals surface area contributed by atoms with E-state index >= 15 is 0 Å². The third-order valence-corrected chi connectivity index (χ3v) is 2.30. The minimum absolute atomic E-state index is 0.261. The maximum absolute atomic E-state index is 11.7. The number of hydrogen-bond donors (Lipinski definition) is 2. The second-order valence-corrected chi connectivity index (χ2v) is 3.70. The molecule has 0 aliphatic carbocycles. The molecule has 2 heterocycles. The topological polar surface area (TPSA) is 80.0 Å². The van der Waals surface area contributed by atoms with Crippen molar-refractivity contribution in [3.8, 4) is 0 Å². The van der Waals surface area contributed by atoms with E-state index in [0.717, 1.165) is 5.76 Å². The highest BCUT2D eigenvalue weighted by atomic mass is 16.3. The fraction of sp³-hybridized carbons (Fsp3) is 0.154. The van der Waals surface area contributed by atoms with Crippen molar-refractivity contribution in [1.82, 2.24) is 15.3 Å². The van der Waals surface area contributed by atoms with E-state index in [9.17, 15) is 4.79 Å². The Bertz CT molecular complexity index is 552. The first-order valence-corrected chi connectivity index (χ1v) is 5.78. The van der Waals surface area contributed by atoms with Crippen molar-refractivity contribution in [3.63, 3.8) is 0 Å². The van der Waals surface area contributed by atoms with E-state index in [0.29, 0.717) is 24.7 Å². The van der Waals surface area contributed by atoms with Crippen LogP contribution in [-0.4, -0.2) is 22.4 Å². The number of nitrogens with zero attached hydrogens (tertiary/aromatic N) is 2. The fourth-order valence-electron chi connectivity index (χ4n) is 1.41. The Balaban J connectivity index is 1.98. The van der Waals surface area contributed by atoms with Crippen LogP contribution in [0.15, 0.2) is 47.7 Å². The van der Waals surface area contributed by atoms with Gasteiger partial charge >= 0.3 is 0 Å². The molecule has 0 aliphatic rings. The molecule has 6 nitrogen and oxygen atoms in total. The lowest BCUT2D eigenvalue weighted by Crippen LogP contribution is -2.24. The molecule has 0 aromatic carbocycles. The van der Waals surface area contributed by atoms with Crippen LogP contribution in [-0.2, 0) is 6.54 Å². The maximum atomic E-state index is 11.7. The standard InChI is InChI=1S/C13H14N4O2/c1-2-6-14-12(18)11-5-7-15-13(17-11)16-9-10-4-3-8-19-10/h2-5,7-8H,1,6,9H2,(H,14,18)(H,15,16,17). The molecule has 0 spiro atoms. The first-order valence-electron chi connectivity index (χ1n) is 5.78. The van der Waals surface area contributed by atoms with Crippen molar-refractivity contribution in [1.29, 1.82) is 0 Å². The minimum atomic E-state index is -0.261. The molecule has 0 saturated heterocycles. The summed E-state index contributed by atoms with van der Waals surface area (Å²) in [5.41, 5.74) is 0.304. The number of carbonyl (C=O) groups is 1. The predicted octanol–water partition coefficient (Wildman–Crippen LogP) is 1.60. The van der Waals surface area contributed by atoms with E-state index in [2.05, 4.69) is 27.2 Å². The SMILES string of the molecule is C=CCNC(=O)c1ccnc(NCc2ccco2)n1. The van der Waals surface area contributed by atoms with E-state index in [1.165, 1.54) is 6.20 Å². The largest absolute Gasteiger partial charge is 0.467 e. The van der Waals surface area contributed by atoms with Crippen molar-refractivity contribution in [3.05, 3.63) is 54.8 Å². The van der Waals surface area contributed by atoms with E-state index in [1.807, 2.05) is 6.07 Å². The Hall–Kier alpha value is -2.63. The smallest absolute Gasteiger partial charge is 0.270 e. The zero-order valence-electron chi connectivity index (χ0n) is 10.3. The molecule has 2 N–H and O–H groups in total. The molecular formula is C13H14N4O2. The molecule has 6 heteroatoms. The van der Waals surface area contributed by atoms with Crippen molar-refractivity contribution >= 4 is 11.9 Å². The number of aromatic nitrogens is 2. The molecule has 0 atom stereocenters. The first-order chi connectivity index (χ1) is 9.29. The molecule has 19 heavy (non-hydrogen) atoms. The van der Waals surface area contributed by atoms with Crippen molar-refractivity contribution in [2.75, 3.05) is 11.9 Å². The Kier molecular flexibility index (Phi) is 4.28.